The third kappa shape index (κ3) is 6.12. The molecule has 1 aliphatic rings. The van der Waals surface area contributed by atoms with E-state index in [0.29, 0.717) is 0 Å². The highest BCUT2D eigenvalue weighted by Crippen LogP contribution is 2.12. The van der Waals surface area contributed by atoms with Gasteiger partial charge in [0.1, 0.15) is 0 Å². The number of amides is 1. The fourth-order valence-corrected chi connectivity index (χ4v) is 3.42. The molecule has 1 N–H and O–H groups in total. The van der Waals surface area contributed by atoms with E-state index in [2.05, 4.69) is 45.5 Å². The van der Waals surface area contributed by atoms with E-state index in [1.807, 2.05) is 18.2 Å². The van der Waals surface area contributed by atoms with Gasteiger partial charge in [-0.15, -0.1) is 0 Å². The van der Waals surface area contributed by atoms with Crippen LogP contribution in [0.2, 0.25) is 0 Å². The Morgan fingerprint density at radius 1 is 1.19 bits per heavy atom. The molecule has 26 heavy (non-hydrogen) atoms. The number of rotatable bonds is 7. The summed E-state index contributed by atoms with van der Waals surface area (Å²) in [6.45, 7) is 3.17. The Labute approximate surface area is 155 Å². The van der Waals surface area contributed by atoms with Gasteiger partial charge in [0.2, 0.25) is 5.91 Å². The smallest absolute Gasteiger partial charge is 0.244 e. The van der Waals surface area contributed by atoms with Gasteiger partial charge < -0.3 is 10.2 Å². The number of carbonyl (C=O) groups excluding carboxylic acids is 1. The Morgan fingerprint density at radius 2 is 2.00 bits per heavy atom. The number of hydrogen-bond acceptors (Lipinski definition) is 3. The maximum absolute atomic E-state index is 12.2. The van der Waals surface area contributed by atoms with Gasteiger partial charge in [-0.05, 0) is 68.1 Å². The third-order valence-corrected chi connectivity index (χ3v) is 4.77. The van der Waals surface area contributed by atoms with Crippen molar-refractivity contribution in [2.45, 2.75) is 31.7 Å². The van der Waals surface area contributed by atoms with Crippen LogP contribution in [0.25, 0.3) is 6.08 Å². The molecule has 4 nitrogen and oxygen atoms in total. The molecule has 2 aromatic rings. The number of likely N-dealkylation sites (tertiary alicyclic amines) is 1. The van der Waals surface area contributed by atoms with E-state index in [1.165, 1.54) is 5.56 Å². The van der Waals surface area contributed by atoms with E-state index in [4.69, 9.17) is 0 Å². The molecule has 1 amide bonds. The van der Waals surface area contributed by atoms with E-state index in [9.17, 15) is 4.79 Å². The first-order valence-electron chi connectivity index (χ1n) is 9.44. The Bertz CT molecular complexity index is 700. The molecule has 0 saturated carbocycles. The lowest BCUT2D eigenvalue weighted by molar-refractivity contribution is -0.117. The van der Waals surface area contributed by atoms with Gasteiger partial charge in [-0.3, -0.25) is 9.78 Å². The van der Waals surface area contributed by atoms with Gasteiger partial charge in [-0.2, -0.15) is 0 Å². The van der Waals surface area contributed by atoms with Crippen LogP contribution in [-0.2, 0) is 11.2 Å². The molecule has 2 heterocycles. The van der Waals surface area contributed by atoms with Crippen molar-refractivity contribution < 1.29 is 4.79 Å². The van der Waals surface area contributed by atoms with Crippen molar-refractivity contribution in [1.82, 2.24) is 15.2 Å². The summed E-state index contributed by atoms with van der Waals surface area (Å²) in [6, 6.07) is 14.7. The molecular weight excluding hydrogens is 322 g/mol. The Morgan fingerprint density at radius 3 is 2.81 bits per heavy atom. The second-order valence-corrected chi connectivity index (χ2v) is 6.85. The topological polar surface area (TPSA) is 45.2 Å². The van der Waals surface area contributed by atoms with Crippen molar-refractivity contribution in [2.24, 2.45) is 0 Å². The standard InChI is InChI=1S/C22H27N3O/c26-22(11-10-20-12-14-23-15-13-20)24-21-9-5-17-25(18-21)16-4-8-19-6-2-1-3-7-19/h1-3,6-7,10-15,21H,4-5,8-9,16-18H2,(H,24,26). The third-order valence-electron chi connectivity index (χ3n) is 4.77. The lowest BCUT2D eigenvalue weighted by atomic mass is 10.0. The van der Waals surface area contributed by atoms with Crippen LogP contribution in [0.5, 0.6) is 0 Å². The van der Waals surface area contributed by atoms with Crippen molar-refractivity contribution in [1.29, 1.82) is 0 Å². The molecule has 0 spiro atoms. The first kappa shape index (κ1) is 18.3. The number of benzene rings is 1. The second-order valence-electron chi connectivity index (χ2n) is 6.85. The molecule has 1 fully saturated rings. The fraction of sp³-hybridized carbons (Fsp3) is 0.364. The van der Waals surface area contributed by atoms with Crippen molar-refractivity contribution in [3.63, 3.8) is 0 Å². The van der Waals surface area contributed by atoms with E-state index in [0.717, 1.165) is 50.9 Å². The van der Waals surface area contributed by atoms with Crippen molar-refractivity contribution >= 4 is 12.0 Å². The maximum Gasteiger partial charge on any atom is 0.244 e. The van der Waals surface area contributed by atoms with Crippen molar-refractivity contribution in [3.8, 4) is 0 Å². The lowest BCUT2D eigenvalue weighted by Gasteiger charge is -2.33. The number of aromatic nitrogens is 1. The van der Waals surface area contributed by atoms with E-state index in [-0.39, 0.29) is 11.9 Å². The summed E-state index contributed by atoms with van der Waals surface area (Å²) in [4.78, 5) is 18.6. The van der Waals surface area contributed by atoms with Gasteiger partial charge in [-0.25, -0.2) is 0 Å². The SMILES string of the molecule is O=C(C=Cc1ccncc1)NC1CCCN(CCCc2ccccc2)C1. The predicted molar refractivity (Wildman–Crippen MR) is 106 cm³/mol. The van der Waals surface area contributed by atoms with Crippen LogP contribution in [0, 0.1) is 0 Å². The van der Waals surface area contributed by atoms with Crippen molar-refractivity contribution in [2.75, 3.05) is 19.6 Å². The van der Waals surface area contributed by atoms with Crippen LogP contribution in [-0.4, -0.2) is 41.5 Å². The summed E-state index contributed by atoms with van der Waals surface area (Å²) in [7, 11) is 0. The maximum atomic E-state index is 12.2. The number of nitrogens with zero attached hydrogens (tertiary/aromatic N) is 2. The predicted octanol–water partition coefficient (Wildman–Crippen LogP) is 3.31. The molecule has 1 aliphatic heterocycles. The Kier molecular flexibility index (Phi) is 6.96. The minimum absolute atomic E-state index is 0.0158. The number of carbonyl (C=O) groups is 1. The number of hydrogen-bond donors (Lipinski definition) is 1. The quantitative estimate of drug-likeness (QED) is 0.780. The number of piperidine rings is 1. The van der Waals surface area contributed by atoms with E-state index < -0.39 is 0 Å². The van der Waals surface area contributed by atoms with Crippen molar-refractivity contribution in [3.05, 3.63) is 72.1 Å². The van der Waals surface area contributed by atoms with Gasteiger partial charge in [-0.1, -0.05) is 30.3 Å². The van der Waals surface area contributed by atoms with Gasteiger partial charge in [0, 0.05) is 31.1 Å². The molecule has 1 aromatic heterocycles. The Balaban J connectivity index is 1.40. The van der Waals surface area contributed by atoms with E-state index in [1.54, 1.807) is 18.5 Å². The largest absolute Gasteiger partial charge is 0.349 e. The first-order valence-corrected chi connectivity index (χ1v) is 9.44. The van der Waals surface area contributed by atoms with Gasteiger partial charge in [0.05, 0.1) is 0 Å². The highest BCUT2D eigenvalue weighted by atomic mass is 16.1. The summed E-state index contributed by atoms with van der Waals surface area (Å²) in [5.74, 6) is -0.0158. The molecule has 1 unspecified atom stereocenters. The number of pyridine rings is 1. The minimum Gasteiger partial charge on any atom is -0.349 e. The summed E-state index contributed by atoms with van der Waals surface area (Å²) >= 11 is 0. The highest BCUT2D eigenvalue weighted by molar-refractivity contribution is 5.91. The van der Waals surface area contributed by atoms with Crippen LogP contribution in [0.4, 0.5) is 0 Å². The van der Waals surface area contributed by atoms with E-state index >= 15 is 0 Å². The summed E-state index contributed by atoms with van der Waals surface area (Å²) in [5, 5.41) is 3.14. The second kappa shape index (κ2) is 9.88. The summed E-state index contributed by atoms with van der Waals surface area (Å²) in [5.41, 5.74) is 2.39. The minimum atomic E-state index is -0.0158. The molecule has 0 aliphatic carbocycles. The molecule has 0 bridgehead atoms. The monoisotopic (exact) mass is 349 g/mol. The average molecular weight is 349 g/mol. The lowest BCUT2D eigenvalue weighted by Crippen LogP contribution is -2.47. The molecule has 1 aromatic carbocycles. The number of aryl methyl sites for hydroxylation is 1. The normalized spacial score (nSPS) is 18.1. The zero-order chi connectivity index (χ0) is 18.0. The van der Waals surface area contributed by atoms with Crippen LogP contribution in [0.3, 0.4) is 0 Å². The molecule has 3 rings (SSSR count). The fourth-order valence-electron chi connectivity index (χ4n) is 3.42. The summed E-state index contributed by atoms with van der Waals surface area (Å²) in [6.07, 6.45) is 11.4. The zero-order valence-electron chi connectivity index (χ0n) is 15.2. The molecule has 1 atom stereocenters. The molecular formula is C22H27N3O. The van der Waals surface area contributed by atoms with Crippen LogP contribution in [0.1, 0.15) is 30.4 Å². The van der Waals surface area contributed by atoms with Crippen LogP contribution >= 0.6 is 0 Å². The van der Waals surface area contributed by atoms with Gasteiger partial charge in [0.15, 0.2) is 0 Å². The van der Waals surface area contributed by atoms with Crippen LogP contribution in [0.15, 0.2) is 60.9 Å². The molecule has 136 valence electrons. The number of nitrogens with one attached hydrogen (secondary N) is 1. The van der Waals surface area contributed by atoms with Crippen LogP contribution < -0.4 is 5.32 Å². The average Bonchev–Trinajstić information content (AvgIpc) is 2.68. The first-order chi connectivity index (χ1) is 12.8. The molecule has 4 heteroatoms. The zero-order valence-corrected chi connectivity index (χ0v) is 15.2. The Hall–Kier alpha value is -2.46. The summed E-state index contributed by atoms with van der Waals surface area (Å²) < 4.78 is 0. The molecule has 1 saturated heterocycles. The van der Waals surface area contributed by atoms with Gasteiger partial charge in [0.25, 0.3) is 0 Å². The van der Waals surface area contributed by atoms with Gasteiger partial charge >= 0.3 is 0 Å². The molecule has 0 radical (unpaired) electrons. The highest BCUT2D eigenvalue weighted by Gasteiger charge is 2.20.